The number of hydrogen-bond donors (Lipinski definition) is 1. The molecule has 0 radical (unpaired) electrons. The van der Waals surface area contributed by atoms with Gasteiger partial charge < -0.3 is 5.32 Å². The van der Waals surface area contributed by atoms with Crippen molar-refractivity contribution in [2.75, 3.05) is 6.54 Å². The van der Waals surface area contributed by atoms with Crippen LogP contribution in [-0.2, 0) is 6.54 Å². The Morgan fingerprint density at radius 2 is 2.42 bits per heavy atom. The predicted molar refractivity (Wildman–Crippen MR) is 46.2 cm³/mol. The number of hydrogen-bond acceptors (Lipinski definition) is 2. The molecule has 66 valence electrons. The molecule has 0 unspecified atom stereocenters. The van der Waals surface area contributed by atoms with Crippen molar-refractivity contribution in [1.82, 2.24) is 10.3 Å². The molecule has 2 nitrogen and oxygen atoms in total. The van der Waals surface area contributed by atoms with Crippen LogP contribution in [0.1, 0.15) is 18.9 Å². The van der Waals surface area contributed by atoms with E-state index in [0.717, 1.165) is 13.0 Å². The van der Waals surface area contributed by atoms with Gasteiger partial charge in [-0.15, -0.1) is 0 Å². The summed E-state index contributed by atoms with van der Waals surface area (Å²) in [7, 11) is 0. The first-order chi connectivity index (χ1) is 5.84. The third-order valence-electron chi connectivity index (χ3n) is 1.60. The summed E-state index contributed by atoms with van der Waals surface area (Å²) in [6, 6.07) is 1.69. The Morgan fingerprint density at radius 1 is 1.58 bits per heavy atom. The molecule has 0 bridgehead atoms. The van der Waals surface area contributed by atoms with Crippen LogP contribution in [0.2, 0.25) is 0 Å². The van der Waals surface area contributed by atoms with Crippen LogP contribution in [0.4, 0.5) is 4.39 Å². The maximum Gasteiger partial charge on any atom is 0.145 e. The van der Waals surface area contributed by atoms with Crippen LogP contribution in [0.15, 0.2) is 18.5 Å². The number of rotatable bonds is 4. The molecule has 0 aliphatic heterocycles. The van der Waals surface area contributed by atoms with E-state index in [0.29, 0.717) is 12.1 Å². The maximum atomic E-state index is 12.9. The topological polar surface area (TPSA) is 24.9 Å². The van der Waals surface area contributed by atoms with Crippen molar-refractivity contribution in [3.63, 3.8) is 0 Å². The molecule has 1 aromatic heterocycles. The van der Waals surface area contributed by atoms with E-state index in [1.165, 1.54) is 6.20 Å². The third-order valence-corrected chi connectivity index (χ3v) is 1.60. The van der Waals surface area contributed by atoms with E-state index < -0.39 is 0 Å². The van der Waals surface area contributed by atoms with Gasteiger partial charge in [-0.25, -0.2) is 4.39 Å². The first-order valence-electron chi connectivity index (χ1n) is 4.13. The van der Waals surface area contributed by atoms with Gasteiger partial charge >= 0.3 is 0 Å². The van der Waals surface area contributed by atoms with E-state index in [-0.39, 0.29) is 5.82 Å². The zero-order chi connectivity index (χ0) is 8.81. The minimum absolute atomic E-state index is 0.235. The van der Waals surface area contributed by atoms with Gasteiger partial charge in [0.1, 0.15) is 5.82 Å². The summed E-state index contributed by atoms with van der Waals surface area (Å²) in [5.74, 6) is -0.235. The van der Waals surface area contributed by atoms with Crippen molar-refractivity contribution in [3.8, 4) is 0 Å². The van der Waals surface area contributed by atoms with Crippen LogP contribution in [0, 0.1) is 5.82 Å². The van der Waals surface area contributed by atoms with Gasteiger partial charge in [-0.2, -0.15) is 0 Å². The van der Waals surface area contributed by atoms with Crippen molar-refractivity contribution < 1.29 is 4.39 Å². The maximum absolute atomic E-state index is 12.9. The van der Waals surface area contributed by atoms with E-state index in [4.69, 9.17) is 0 Å². The van der Waals surface area contributed by atoms with Crippen molar-refractivity contribution in [1.29, 1.82) is 0 Å². The first-order valence-corrected chi connectivity index (χ1v) is 4.13. The van der Waals surface area contributed by atoms with Gasteiger partial charge in [0.05, 0.1) is 6.20 Å². The highest BCUT2D eigenvalue weighted by molar-refractivity contribution is 5.11. The average molecular weight is 168 g/mol. The third kappa shape index (κ3) is 2.58. The zero-order valence-corrected chi connectivity index (χ0v) is 7.18. The molecule has 1 aromatic rings. The lowest BCUT2D eigenvalue weighted by Gasteiger charge is -2.02. The Balaban J connectivity index is 2.46. The van der Waals surface area contributed by atoms with Gasteiger partial charge in [0, 0.05) is 18.3 Å². The SMILES string of the molecule is CCCNCc1ccncc1F. The molecule has 0 spiro atoms. The van der Waals surface area contributed by atoms with E-state index in [1.54, 1.807) is 12.3 Å². The van der Waals surface area contributed by atoms with Gasteiger partial charge in [0.2, 0.25) is 0 Å². The van der Waals surface area contributed by atoms with Crippen LogP contribution in [-0.4, -0.2) is 11.5 Å². The summed E-state index contributed by atoms with van der Waals surface area (Å²) in [6.07, 6.45) is 3.90. The fraction of sp³-hybridized carbons (Fsp3) is 0.444. The molecule has 0 saturated carbocycles. The van der Waals surface area contributed by atoms with Crippen molar-refractivity contribution in [3.05, 3.63) is 29.8 Å². The average Bonchev–Trinajstić information content (AvgIpc) is 2.09. The van der Waals surface area contributed by atoms with E-state index in [2.05, 4.69) is 17.2 Å². The summed E-state index contributed by atoms with van der Waals surface area (Å²) in [5.41, 5.74) is 0.679. The van der Waals surface area contributed by atoms with Gasteiger partial charge in [0.25, 0.3) is 0 Å². The highest BCUT2D eigenvalue weighted by atomic mass is 19.1. The normalized spacial score (nSPS) is 10.2. The number of halogens is 1. The highest BCUT2D eigenvalue weighted by Gasteiger charge is 1.98. The Morgan fingerprint density at radius 3 is 3.08 bits per heavy atom. The van der Waals surface area contributed by atoms with Crippen molar-refractivity contribution >= 4 is 0 Å². The molecule has 0 amide bonds. The second kappa shape index (κ2) is 4.83. The lowest BCUT2D eigenvalue weighted by atomic mass is 10.2. The number of aromatic nitrogens is 1. The monoisotopic (exact) mass is 168 g/mol. The molecular formula is C9H13FN2. The van der Waals surface area contributed by atoms with Gasteiger partial charge in [-0.05, 0) is 19.0 Å². The summed E-state index contributed by atoms with van der Waals surface area (Å²) in [4.78, 5) is 3.67. The summed E-state index contributed by atoms with van der Waals surface area (Å²) < 4.78 is 12.9. The molecule has 1 N–H and O–H groups in total. The van der Waals surface area contributed by atoms with Gasteiger partial charge in [-0.1, -0.05) is 6.92 Å². The van der Waals surface area contributed by atoms with Crippen LogP contribution in [0.25, 0.3) is 0 Å². The van der Waals surface area contributed by atoms with Crippen LogP contribution >= 0.6 is 0 Å². The Hall–Kier alpha value is -0.960. The Bertz CT molecular complexity index is 238. The van der Waals surface area contributed by atoms with E-state index >= 15 is 0 Å². The molecule has 0 fully saturated rings. The van der Waals surface area contributed by atoms with E-state index in [9.17, 15) is 4.39 Å². The lowest BCUT2D eigenvalue weighted by molar-refractivity contribution is 0.581. The number of nitrogens with one attached hydrogen (secondary N) is 1. The summed E-state index contributed by atoms with van der Waals surface area (Å²) in [5, 5.41) is 3.12. The molecular weight excluding hydrogens is 155 g/mol. The Kier molecular flexibility index (Phi) is 3.67. The first kappa shape index (κ1) is 9.13. The Labute approximate surface area is 71.8 Å². The molecule has 0 aliphatic carbocycles. The molecule has 0 saturated heterocycles. The number of pyridine rings is 1. The molecule has 0 atom stereocenters. The minimum atomic E-state index is -0.235. The molecule has 1 rings (SSSR count). The van der Waals surface area contributed by atoms with E-state index in [1.807, 2.05) is 0 Å². The minimum Gasteiger partial charge on any atom is -0.313 e. The number of nitrogens with zero attached hydrogens (tertiary/aromatic N) is 1. The lowest BCUT2D eigenvalue weighted by Crippen LogP contribution is -2.14. The molecule has 1 heterocycles. The summed E-state index contributed by atoms with van der Waals surface area (Å²) in [6.45, 7) is 3.58. The van der Waals surface area contributed by atoms with Crippen molar-refractivity contribution in [2.24, 2.45) is 0 Å². The molecule has 12 heavy (non-hydrogen) atoms. The highest BCUT2D eigenvalue weighted by Crippen LogP contribution is 2.02. The molecule has 3 heteroatoms. The fourth-order valence-electron chi connectivity index (χ4n) is 0.947. The molecule has 0 aliphatic rings. The quantitative estimate of drug-likeness (QED) is 0.692. The second-order valence-corrected chi connectivity index (χ2v) is 2.64. The van der Waals surface area contributed by atoms with Crippen LogP contribution in [0.5, 0.6) is 0 Å². The van der Waals surface area contributed by atoms with Crippen LogP contribution < -0.4 is 5.32 Å². The fourth-order valence-corrected chi connectivity index (χ4v) is 0.947. The van der Waals surface area contributed by atoms with Gasteiger partial charge in [0.15, 0.2) is 0 Å². The predicted octanol–water partition coefficient (Wildman–Crippen LogP) is 1.72. The zero-order valence-electron chi connectivity index (χ0n) is 7.18. The molecule has 0 aromatic carbocycles. The van der Waals surface area contributed by atoms with Crippen molar-refractivity contribution in [2.45, 2.75) is 19.9 Å². The second-order valence-electron chi connectivity index (χ2n) is 2.64. The largest absolute Gasteiger partial charge is 0.313 e. The van der Waals surface area contributed by atoms with Crippen LogP contribution in [0.3, 0.4) is 0 Å². The van der Waals surface area contributed by atoms with Gasteiger partial charge in [-0.3, -0.25) is 4.98 Å². The standard InChI is InChI=1S/C9H13FN2/c1-2-4-11-6-8-3-5-12-7-9(8)10/h3,5,7,11H,2,4,6H2,1H3. The summed E-state index contributed by atoms with van der Waals surface area (Å²) >= 11 is 0. The smallest absolute Gasteiger partial charge is 0.145 e.